The molecule has 0 radical (unpaired) electrons. The number of rotatable bonds is 3. The smallest absolute Gasteiger partial charge is 0.403 e. The topological polar surface area (TPSA) is 40.5 Å². The van der Waals surface area contributed by atoms with Crippen LogP contribution in [0.3, 0.4) is 0 Å². The maximum atomic E-state index is 12.7. The van der Waals surface area contributed by atoms with Gasteiger partial charge in [-0.2, -0.15) is 13.2 Å². The number of alkyl halides is 3. The number of fused-ring (bicyclic) bond motifs is 1. The minimum absolute atomic E-state index is 0.169. The summed E-state index contributed by atoms with van der Waals surface area (Å²) in [6.07, 6.45) is 0.336. The third-order valence-corrected chi connectivity index (χ3v) is 4.22. The van der Waals surface area contributed by atoms with Gasteiger partial charge >= 0.3 is 12.1 Å². The van der Waals surface area contributed by atoms with Crippen LogP contribution in [0.1, 0.15) is 32.1 Å². The van der Waals surface area contributed by atoms with Crippen molar-refractivity contribution >= 4 is 5.97 Å². The van der Waals surface area contributed by atoms with E-state index in [1.165, 1.54) is 0 Å². The van der Waals surface area contributed by atoms with Gasteiger partial charge in [-0.15, -0.1) is 0 Å². The second kappa shape index (κ2) is 5.07. The first-order valence-corrected chi connectivity index (χ1v) is 6.43. The number of carbonyl (C=O) groups is 1. The molecule has 1 saturated carbocycles. The molecule has 2 aliphatic rings. The van der Waals surface area contributed by atoms with Crippen molar-refractivity contribution in [3.63, 3.8) is 0 Å². The lowest BCUT2D eigenvalue weighted by molar-refractivity contribution is -0.198. The highest BCUT2D eigenvalue weighted by Crippen LogP contribution is 2.38. The third kappa shape index (κ3) is 2.79. The van der Waals surface area contributed by atoms with E-state index >= 15 is 0 Å². The second-order valence-corrected chi connectivity index (χ2v) is 5.33. The molecule has 6 heteroatoms. The van der Waals surface area contributed by atoms with E-state index in [2.05, 4.69) is 0 Å². The summed E-state index contributed by atoms with van der Waals surface area (Å²) < 4.78 is 38.0. The van der Waals surface area contributed by atoms with Crippen molar-refractivity contribution in [2.24, 2.45) is 11.8 Å². The number of carboxylic acids is 1. The molecule has 0 bridgehead atoms. The van der Waals surface area contributed by atoms with Gasteiger partial charge in [-0.05, 0) is 38.1 Å². The first-order chi connectivity index (χ1) is 8.39. The molecule has 3 atom stereocenters. The van der Waals surface area contributed by atoms with Gasteiger partial charge in [0.1, 0.15) is 0 Å². The number of nitrogens with zero attached hydrogens (tertiary/aromatic N) is 1. The molecule has 0 amide bonds. The first kappa shape index (κ1) is 13.6. The number of halogens is 3. The predicted octanol–water partition coefficient (Wildman–Crippen LogP) is 2.51. The lowest BCUT2D eigenvalue weighted by Gasteiger charge is -2.39. The molecular weight excluding hydrogens is 247 g/mol. The fourth-order valence-electron chi connectivity index (χ4n) is 3.34. The molecule has 0 aromatic heterocycles. The number of piperidine rings is 1. The Labute approximate surface area is 104 Å². The number of aliphatic carboxylic acids is 1. The summed E-state index contributed by atoms with van der Waals surface area (Å²) in [5.41, 5.74) is 0. The van der Waals surface area contributed by atoms with Gasteiger partial charge in [0.15, 0.2) is 5.92 Å². The minimum Gasteiger partial charge on any atom is -0.481 e. The fraction of sp³-hybridized carbons (Fsp3) is 0.917. The van der Waals surface area contributed by atoms with E-state index in [9.17, 15) is 18.0 Å². The van der Waals surface area contributed by atoms with Crippen molar-refractivity contribution < 1.29 is 23.1 Å². The summed E-state index contributed by atoms with van der Waals surface area (Å²) in [5.74, 6) is -3.54. The van der Waals surface area contributed by atoms with Gasteiger partial charge in [-0.1, -0.05) is 6.42 Å². The van der Waals surface area contributed by atoms with E-state index < -0.39 is 18.1 Å². The van der Waals surface area contributed by atoms with Crippen LogP contribution >= 0.6 is 0 Å². The lowest BCUT2D eigenvalue weighted by atomic mass is 9.91. The van der Waals surface area contributed by atoms with Crippen LogP contribution < -0.4 is 0 Å². The Hall–Kier alpha value is -0.780. The van der Waals surface area contributed by atoms with Crippen LogP contribution in [0.15, 0.2) is 0 Å². The van der Waals surface area contributed by atoms with Crippen molar-refractivity contribution in [2.45, 2.75) is 44.3 Å². The standard InChI is InChI=1S/C12H18F3NO2/c13-12(14,15)9(11(17)18)7-16-6-2-4-8-3-1-5-10(8)16/h8-10H,1-7H2,(H,17,18). The van der Waals surface area contributed by atoms with E-state index in [-0.39, 0.29) is 12.6 Å². The monoisotopic (exact) mass is 265 g/mol. The van der Waals surface area contributed by atoms with Crippen LogP contribution in [0.2, 0.25) is 0 Å². The van der Waals surface area contributed by atoms with Gasteiger partial charge in [-0.25, -0.2) is 0 Å². The molecule has 18 heavy (non-hydrogen) atoms. The highest BCUT2D eigenvalue weighted by Gasteiger charge is 2.47. The summed E-state index contributed by atoms with van der Waals surface area (Å²) in [6, 6.07) is 0.169. The van der Waals surface area contributed by atoms with Crippen LogP contribution in [-0.4, -0.2) is 41.3 Å². The molecular formula is C12H18F3NO2. The van der Waals surface area contributed by atoms with Gasteiger partial charge < -0.3 is 5.11 Å². The number of hydrogen-bond donors (Lipinski definition) is 1. The van der Waals surface area contributed by atoms with Crippen LogP contribution in [0.4, 0.5) is 13.2 Å². The average molecular weight is 265 g/mol. The Morgan fingerprint density at radius 1 is 1.28 bits per heavy atom. The van der Waals surface area contributed by atoms with Gasteiger partial charge in [0, 0.05) is 12.6 Å². The Bertz CT molecular complexity index is 319. The summed E-state index contributed by atoms with van der Waals surface area (Å²) >= 11 is 0. The van der Waals surface area contributed by atoms with Gasteiger partial charge in [0.2, 0.25) is 0 Å². The fourth-order valence-corrected chi connectivity index (χ4v) is 3.34. The zero-order valence-corrected chi connectivity index (χ0v) is 10.1. The summed E-state index contributed by atoms with van der Waals surface area (Å²) in [4.78, 5) is 12.5. The molecule has 1 aliphatic heterocycles. The zero-order valence-electron chi connectivity index (χ0n) is 10.1. The van der Waals surface area contributed by atoms with Crippen molar-refractivity contribution in [1.29, 1.82) is 0 Å². The Morgan fingerprint density at radius 2 is 1.94 bits per heavy atom. The number of carboxylic acid groups (broad SMARTS) is 1. The lowest BCUT2D eigenvalue weighted by Crippen LogP contribution is -2.49. The molecule has 0 aromatic rings. The molecule has 0 aromatic carbocycles. The van der Waals surface area contributed by atoms with Gasteiger partial charge in [-0.3, -0.25) is 9.69 Å². The highest BCUT2D eigenvalue weighted by molar-refractivity contribution is 5.71. The maximum Gasteiger partial charge on any atom is 0.403 e. The predicted molar refractivity (Wildman–Crippen MR) is 59.1 cm³/mol. The summed E-state index contributed by atoms with van der Waals surface area (Å²) in [5, 5.41) is 8.73. The van der Waals surface area contributed by atoms with Crippen LogP contribution in [0.25, 0.3) is 0 Å². The number of hydrogen-bond acceptors (Lipinski definition) is 2. The van der Waals surface area contributed by atoms with Crippen molar-refractivity contribution in [2.75, 3.05) is 13.1 Å². The molecule has 0 spiro atoms. The molecule has 1 N–H and O–H groups in total. The van der Waals surface area contributed by atoms with E-state index in [4.69, 9.17) is 5.11 Å². The molecule has 2 fully saturated rings. The molecule has 1 heterocycles. The quantitative estimate of drug-likeness (QED) is 0.852. The van der Waals surface area contributed by atoms with E-state index in [1.54, 1.807) is 4.90 Å². The third-order valence-electron chi connectivity index (χ3n) is 4.22. The van der Waals surface area contributed by atoms with Gasteiger partial charge in [0.25, 0.3) is 0 Å². The Balaban J connectivity index is 2.04. The van der Waals surface area contributed by atoms with E-state index in [0.717, 1.165) is 32.1 Å². The molecule has 3 nitrogen and oxygen atoms in total. The highest BCUT2D eigenvalue weighted by atomic mass is 19.4. The Morgan fingerprint density at radius 3 is 2.56 bits per heavy atom. The van der Waals surface area contributed by atoms with Crippen LogP contribution in [0, 0.1) is 11.8 Å². The largest absolute Gasteiger partial charge is 0.481 e. The van der Waals surface area contributed by atoms with Crippen LogP contribution in [0.5, 0.6) is 0 Å². The average Bonchev–Trinajstić information content (AvgIpc) is 2.72. The van der Waals surface area contributed by atoms with E-state index in [0.29, 0.717) is 12.5 Å². The summed E-state index contributed by atoms with van der Waals surface area (Å²) in [7, 11) is 0. The molecule has 1 saturated heterocycles. The van der Waals surface area contributed by atoms with Crippen molar-refractivity contribution in [3.8, 4) is 0 Å². The van der Waals surface area contributed by atoms with Gasteiger partial charge in [0.05, 0.1) is 0 Å². The normalized spacial score (nSPS) is 31.1. The molecule has 1 aliphatic carbocycles. The SMILES string of the molecule is O=C(O)C(CN1CCCC2CCCC21)C(F)(F)F. The minimum atomic E-state index is -4.66. The zero-order chi connectivity index (χ0) is 13.3. The first-order valence-electron chi connectivity index (χ1n) is 6.43. The molecule has 3 unspecified atom stereocenters. The molecule has 104 valence electrons. The van der Waals surface area contributed by atoms with Crippen LogP contribution in [-0.2, 0) is 4.79 Å². The summed E-state index contributed by atoms with van der Waals surface area (Å²) in [6.45, 7) is 0.209. The Kier molecular flexibility index (Phi) is 3.84. The van der Waals surface area contributed by atoms with E-state index in [1.807, 2.05) is 0 Å². The maximum absolute atomic E-state index is 12.7. The van der Waals surface area contributed by atoms with Crippen molar-refractivity contribution in [3.05, 3.63) is 0 Å². The van der Waals surface area contributed by atoms with Crippen molar-refractivity contribution in [1.82, 2.24) is 4.90 Å². The second-order valence-electron chi connectivity index (χ2n) is 5.33. The molecule has 2 rings (SSSR count). The number of likely N-dealkylation sites (tertiary alicyclic amines) is 1.